The van der Waals surface area contributed by atoms with Crippen molar-refractivity contribution in [3.63, 3.8) is 0 Å². The Hall–Kier alpha value is -1.23. The van der Waals surface area contributed by atoms with Crippen LogP contribution in [0.25, 0.3) is 0 Å². The number of nitrogens with zero attached hydrogens (tertiary/aromatic N) is 1. The van der Waals surface area contributed by atoms with Gasteiger partial charge in [0.25, 0.3) is 17.3 Å². The molecule has 18 heteroatoms. The molecule has 0 bridgehead atoms. The molecule has 1 aromatic rings. The van der Waals surface area contributed by atoms with E-state index in [0.717, 1.165) is 11.8 Å². The molecule has 1 aliphatic heterocycles. The van der Waals surface area contributed by atoms with Gasteiger partial charge in [-0.1, -0.05) is 44.1 Å². The summed E-state index contributed by atoms with van der Waals surface area (Å²) < 4.78 is 51.4. The van der Waals surface area contributed by atoms with Gasteiger partial charge in [0.05, 0.1) is 25.5 Å². The number of nitrogens with one attached hydrogen (secondary N) is 2. The lowest BCUT2D eigenvalue weighted by Crippen LogP contribution is -2.42. The molecule has 0 amide bonds. The van der Waals surface area contributed by atoms with Crippen LogP contribution < -0.4 is 16.3 Å². The minimum atomic E-state index is -3.58. The number of rotatable bonds is 12. The summed E-state index contributed by atoms with van der Waals surface area (Å²) in [5.74, 6) is -1.87. The number of H-pyrrole nitrogens is 1. The van der Waals surface area contributed by atoms with Gasteiger partial charge in [0.1, 0.15) is 18.2 Å². The van der Waals surface area contributed by atoms with Crippen LogP contribution in [0.15, 0.2) is 15.8 Å². The van der Waals surface area contributed by atoms with Crippen molar-refractivity contribution in [1.82, 2.24) is 14.6 Å². The number of hydrogen-bond donors (Lipinski definition) is 3. The number of hydrogen-bond acceptors (Lipinski definition) is 11. The number of esters is 1. The fourth-order valence-electron chi connectivity index (χ4n) is 3.16. The third kappa shape index (κ3) is 9.13. The third-order valence-electron chi connectivity index (χ3n) is 5.21. The fraction of sp³-hybridized carbons (Fsp3) is 0.727. The Labute approximate surface area is 243 Å². The SMILES string of the molecule is CC(C)OC(=O)C(C)NP(=S)(OCCSC(=O)C(C)(C)C)OC[C@H]1O[C@@H](n2cc(F)c(=O)[nH]c2=O)[C@@](F)(Cl)[C@@H]1O. The molecule has 2 heterocycles. The van der Waals surface area contributed by atoms with Gasteiger partial charge in [0.2, 0.25) is 5.82 Å². The topological polar surface area (TPSA) is 158 Å². The summed E-state index contributed by atoms with van der Waals surface area (Å²) in [4.78, 5) is 49.6. The number of alkyl halides is 2. The van der Waals surface area contributed by atoms with Crippen molar-refractivity contribution >= 4 is 52.9 Å². The van der Waals surface area contributed by atoms with Crippen molar-refractivity contribution in [2.75, 3.05) is 19.0 Å². The third-order valence-corrected chi connectivity index (χ3v) is 9.53. The van der Waals surface area contributed by atoms with Crippen LogP contribution in [0.3, 0.4) is 0 Å². The summed E-state index contributed by atoms with van der Waals surface area (Å²) >= 11 is 12.4. The monoisotopic (exact) mass is 651 g/mol. The predicted octanol–water partition coefficient (Wildman–Crippen LogP) is 2.33. The second kappa shape index (κ2) is 13.8. The lowest BCUT2D eigenvalue weighted by Gasteiger charge is -2.28. The summed E-state index contributed by atoms with van der Waals surface area (Å²) in [6.07, 6.45) is -5.72. The van der Waals surface area contributed by atoms with Crippen LogP contribution in [0.5, 0.6) is 0 Å². The second-order valence-corrected chi connectivity index (χ2v) is 15.0. The molecule has 0 aromatic carbocycles. The maximum absolute atomic E-state index is 15.3. The minimum Gasteiger partial charge on any atom is -0.462 e. The largest absolute Gasteiger partial charge is 0.462 e. The molecule has 0 radical (unpaired) electrons. The highest BCUT2D eigenvalue weighted by Crippen LogP contribution is 2.48. The van der Waals surface area contributed by atoms with Crippen LogP contribution in [0, 0.1) is 11.2 Å². The van der Waals surface area contributed by atoms with E-state index < -0.39 is 77.4 Å². The standard InChI is InChI=1S/C22H33ClF2N3O9PS2/c1-11(2)36-17(31)12(3)27-38(39,34-7-8-40-19(32)21(4,5)6)35-10-14-15(29)22(23,25)18(37-14)28-9-13(24)16(30)26-20(28)33/h9,11-12,14-15,18,29H,7-8,10H2,1-6H3,(H,27,39)(H,26,30,33)/t12?,14-,15-,18-,22-,38?/m1/s1. The Morgan fingerprint density at radius 3 is 2.55 bits per heavy atom. The number of aliphatic hydroxyl groups excluding tert-OH is 1. The number of thioether (sulfide) groups is 1. The van der Waals surface area contributed by atoms with Crippen molar-refractivity contribution in [2.24, 2.45) is 5.41 Å². The Bertz CT molecular complexity index is 1240. The van der Waals surface area contributed by atoms with E-state index in [1.165, 1.54) is 6.92 Å². The normalized spacial score (nSPS) is 25.5. The zero-order valence-electron chi connectivity index (χ0n) is 22.6. The Balaban J connectivity index is 2.19. The molecule has 1 aliphatic rings. The fourth-order valence-corrected chi connectivity index (χ4v) is 6.72. The van der Waals surface area contributed by atoms with Crippen LogP contribution in [0.1, 0.15) is 47.8 Å². The summed E-state index contributed by atoms with van der Waals surface area (Å²) in [6.45, 7) is 5.75. The maximum atomic E-state index is 15.3. The van der Waals surface area contributed by atoms with E-state index in [1.807, 2.05) is 0 Å². The molecule has 1 saturated heterocycles. The van der Waals surface area contributed by atoms with E-state index in [0.29, 0.717) is 10.8 Å². The minimum absolute atomic E-state index is 0.0754. The molecule has 12 nitrogen and oxygen atoms in total. The van der Waals surface area contributed by atoms with Gasteiger partial charge in [0.15, 0.2) is 11.3 Å². The highest BCUT2D eigenvalue weighted by atomic mass is 35.5. The van der Waals surface area contributed by atoms with Crippen LogP contribution in [0.2, 0.25) is 0 Å². The quantitative estimate of drug-likeness (QED) is 0.131. The molecule has 6 atom stereocenters. The van der Waals surface area contributed by atoms with Crippen molar-refractivity contribution < 1.29 is 42.0 Å². The first-order chi connectivity index (χ1) is 18.3. The van der Waals surface area contributed by atoms with Gasteiger partial charge < -0.3 is 23.6 Å². The molecule has 2 unspecified atom stereocenters. The first-order valence-corrected chi connectivity index (χ1v) is 16.1. The van der Waals surface area contributed by atoms with E-state index in [2.05, 4.69) is 5.09 Å². The molecule has 0 saturated carbocycles. The number of ether oxygens (including phenoxy) is 2. The second-order valence-electron chi connectivity index (χ2n) is 10.1. The molecule has 1 aromatic heterocycles. The molecule has 2 rings (SSSR count). The van der Waals surface area contributed by atoms with E-state index in [-0.39, 0.29) is 17.5 Å². The first kappa shape index (κ1) is 35.0. The summed E-state index contributed by atoms with van der Waals surface area (Å²) in [5, 5.41) is 10.0. The molecular weight excluding hydrogens is 619 g/mol. The highest BCUT2D eigenvalue weighted by molar-refractivity contribution is 8.13. The summed E-state index contributed by atoms with van der Waals surface area (Å²) in [7, 11) is 0. The zero-order chi connectivity index (χ0) is 30.6. The average Bonchev–Trinajstić information content (AvgIpc) is 3.05. The van der Waals surface area contributed by atoms with E-state index in [1.54, 1.807) is 39.6 Å². The molecular formula is C22H33ClF2N3O9PS2. The number of aromatic amines is 1. The Kier molecular flexibility index (Phi) is 12.1. The van der Waals surface area contributed by atoms with Crippen LogP contribution >= 0.6 is 30.0 Å². The molecule has 228 valence electrons. The number of carbonyl (C=O) groups is 2. The van der Waals surface area contributed by atoms with Gasteiger partial charge in [-0.25, -0.2) is 14.3 Å². The zero-order valence-corrected chi connectivity index (χ0v) is 25.9. The smallest absolute Gasteiger partial charge is 0.330 e. The molecule has 1 fully saturated rings. The van der Waals surface area contributed by atoms with Gasteiger partial charge in [-0.05, 0) is 32.6 Å². The Morgan fingerprint density at radius 2 is 1.98 bits per heavy atom. The van der Waals surface area contributed by atoms with Gasteiger partial charge in [-0.15, -0.1) is 0 Å². The molecule has 40 heavy (non-hydrogen) atoms. The van der Waals surface area contributed by atoms with Gasteiger partial charge >= 0.3 is 11.7 Å². The number of aromatic nitrogens is 2. The molecule has 0 aliphatic carbocycles. The van der Waals surface area contributed by atoms with Crippen LogP contribution in [-0.2, 0) is 39.9 Å². The number of carbonyl (C=O) groups excluding carboxylic acids is 2. The van der Waals surface area contributed by atoms with Crippen molar-refractivity contribution in [2.45, 2.75) is 77.3 Å². The maximum Gasteiger partial charge on any atom is 0.330 e. The van der Waals surface area contributed by atoms with E-state index in [9.17, 15) is 28.7 Å². The van der Waals surface area contributed by atoms with Crippen LogP contribution in [-0.4, -0.2) is 74.2 Å². The lowest BCUT2D eigenvalue weighted by molar-refractivity contribution is -0.149. The molecule has 3 N–H and O–H groups in total. The van der Waals surface area contributed by atoms with Gasteiger partial charge in [0, 0.05) is 11.2 Å². The lowest BCUT2D eigenvalue weighted by atomic mass is 10.00. The van der Waals surface area contributed by atoms with Crippen LogP contribution in [0.4, 0.5) is 8.78 Å². The van der Waals surface area contributed by atoms with Gasteiger partial charge in [-0.2, -0.15) is 4.39 Å². The Morgan fingerprint density at radius 1 is 1.35 bits per heavy atom. The van der Waals surface area contributed by atoms with Crippen molar-refractivity contribution in [1.29, 1.82) is 0 Å². The number of halogens is 3. The predicted molar refractivity (Wildman–Crippen MR) is 148 cm³/mol. The van der Waals surface area contributed by atoms with E-state index in [4.69, 9.17) is 41.9 Å². The number of aliphatic hydroxyl groups is 1. The average molecular weight is 652 g/mol. The summed E-state index contributed by atoms with van der Waals surface area (Å²) in [5.41, 5.74) is -3.16. The van der Waals surface area contributed by atoms with E-state index >= 15 is 4.39 Å². The van der Waals surface area contributed by atoms with Gasteiger partial charge in [-0.3, -0.25) is 23.9 Å². The van der Waals surface area contributed by atoms with Crippen molar-refractivity contribution in [3.05, 3.63) is 32.9 Å². The van der Waals surface area contributed by atoms with Crippen molar-refractivity contribution in [3.8, 4) is 0 Å². The highest BCUT2D eigenvalue weighted by Gasteiger charge is 2.58. The first-order valence-electron chi connectivity index (χ1n) is 12.1. The molecule has 0 spiro atoms. The summed E-state index contributed by atoms with van der Waals surface area (Å²) in [6, 6.07) is -1.00.